The predicted molar refractivity (Wildman–Crippen MR) is 89.2 cm³/mol. The Hall–Kier alpha value is -1.30. The summed E-state index contributed by atoms with van der Waals surface area (Å²) in [6.07, 6.45) is 0. The van der Waals surface area contributed by atoms with Crippen molar-refractivity contribution in [1.29, 1.82) is 0 Å². The second-order valence-corrected chi connectivity index (χ2v) is 5.93. The molecule has 0 radical (unpaired) electrons. The maximum Gasteiger partial charge on any atom is 0.175 e. The molecule has 0 saturated heterocycles. The van der Waals surface area contributed by atoms with Crippen LogP contribution in [0.1, 0.15) is 11.1 Å². The van der Waals surface area contributed by atoms with Crippen LogP contribution in [0.3, 0.4) is 0 Å². The normalized spacial score (nSPS) is 10.6. The molecule has 0 aliphatic carbocycles. The first-order valence-corrected chi connectivity index (χ1v) is 7.80. The Morgan fingerprint density at radius 2 is 2.05 bits per heavy atom. The molecule has 0 fully saturated rings. The smallest absolute Gasteiger partial charge is 0.175 e. The zero-order chi connectivity index (χ0) is 16.1. The highest BCUT2D eigenvalue weighted by Crippen LogP contribution is 2.37. The topological polar surface area (TPSA) is 30.5 Å². The molecule has 0 amide bonds. The molecule has 0 bridgehead atoms. The summed E-state index contributed by atoms with van der Waals surface area (Å²) in [5.74, 6) is 0.838. The fourth-order valence-corrected chi connectivity index (χ4v) is 2.83. The number of halogens is 3. The summed E-state index contributed by atoms with van der Waals surface area (Å²) in [4.78, 5) is 0. The quantitative estimate of drug-likeness (QED) is 0.787. The SMILES string of the molecule is CNCc1cc(Br)c(OCc2ccc(F)cc2Cl)c(OC)c1. The van der Waals surface area contributed by atoms with Gasteiger partial charge in [-0.15, -0.1) is 0 Å². The van der Waals surface area contributed by atoms with Crippen LogP contribution in [0.4, 0.5) is 4.39 Å². The van der Waals surface area contributed by atoms with Gasteiger partial charge in [-0.25, -0.2) is 4.39 Å². The van der Waals surface area contributed by atoms with Crippen LogP contribution in [0, 0.1) is 5.82 Å². The van der Waals surface area contributed by atoms with Gasteiger partial charge in [-0.05, 0) is 52.8 Å². The summed E-state index contributed by atoms with van der Waals surface area (Å²) in [5.41, 5.74) is 1.77. The molecule has 0 saturated carbocycles. The van der Waals surface area contributed by atoms with E-state index in [0.29, 0.717) is 22.1 Å². The van der Waals surface area contributed by atoms with Crippen molar-refractivity contribution in [2.75, 3.05) is 14.2 Å². The summed E-state index contributed by atoms with van der Waals surface area (Å²) in [5, 5.41) is 3.42. The largest absolute Gasteiger partial charge is 0.493 e. The van der Waals surface area contributed by atoms with Gasteiger partial charge in [-0.1, -0.05) is 17.7 Å². The van der Waals surface area contributed by atoms with Crippen LogP contribution in [-0.2, 0) is 13.2 Å². The molecule has 2 aromatic rings. The standard InChI is InChI=1S/C16H16BrClFNO2/c1-20-8-10-5-13(17)16(15(6-10)21-2)22-9-11-3-4-12(19)7-14(11)18/h3-7,20H,8-9H2,1-2H3. The molecule has 0 atom stereocenters. The number of benzene rings is 2. The second-order valence-electron chi connectivity index (χ2n) is 4.66. The highest BCUT2D eigenvalue weighted by atomic mass is 79.9. The molecule has 22 heavy (non-hydrogen) atoms. The minimum absolute atomic E-state index is 0.222. The van der Waals surface area contributed by atoms with E-state index >= 15 is 0 Å². The van der Waals surface area contributed by atoms with Crippen molar-refractivity contribution in [2.24, 2.45) is 0 Å². The Morgan fingerprint density at radius 1 is 1.27 bits per heavy atom. The fraction of sp³-hybridized carbons (Fsp3) is 0.250. The van der Waals surface area contributed by atoms with E-state index < -0.39 is 0 Å². The second kappa shape index (κ2) is 7.81. The molecule has 2 rings (SSSR count). The van der Waals surface area contributed by atoms with Crippen LogP contribution in [0.5, 0.6) is 11.5 Å². The van der Waals surface area contributed by atoms with E-state index in [-0.39, 0.29) is 12.4 Å². The summed E-state index contributed by atoms with van der Waals surface area (Å²) in [7, 11) is 3.46. The summed E-state index contributed by atoms with van der Waals surface area (Å²) in [6.45, 7) is 0.943. The van der Waals surface area contributed by atoms with E-state index in [1.807, 2.05) is 19.2 Å². The first kappa shape index (κ1) is 17.1. The Kier molecular flexibility index (Phi) is 6.06. The Bertz CT molecular complexity index is 667. The van der Waals surface area contributed by atoms with Crippen LogP contribution in [0.2, 0.25) is 5.02 Å². The van der Waals surface area contributed by atoms with Gasteiger partial charge in [0.15, 0.2) is 11.5 Å². The maximum atomic E-state index is 13.1. The minimum atomic E-state index is -0.371. The summed E-state index contributed by atoms with van der Waals surface area (Å²) in [6, 6.07) is 8.09. The third kappa shape index (κ3) is 4.12. The first-order chi connectivity index (χ1) is 10.5. The number of hydrogen-bond donors (Lipinski definition) is 1. The Labute approximate surface area is 142 Å². The van der Waals surface area contributed by atoms with Gasteiger partial charge in [0, 0.05) is 12.1 Å². The van der Waals surface area contributed by atoms with Gasteiger partial charge in [0.25, 0.3) is 0 Å². The molecule has 0 unspecified atom stereocenters. The first-order valence-electron chi connectivity index (χ1n) is 6.63. The van der Waals surface area contributed by atoms with Crippen molar-refractivity contribution in [1.82, 2.24) is 5.32 Å². The lowest BCUT2D eigenvalue weighted by Crippen LogP contribution is -2.06. The molecule has 0 heterocycles. The number of methoxy groups -OCH3 is 1. The van der Waals surface area contributed by atoms with Crippen molar-refractivity contribution < 1.29 is 13.9 Å². The molecule has 0 aliphatic heterocycles. The van der Waals surface area contributed by atoms with Crippen LogP contribution in [-0.4, -0.2) is 14.2 Å². The van der Waals surface area contributed by atoms with E-state index in [1.54, 1.807) is 13.2 Å². The molecular formula is C16H16BrClFNO2. The third-order valence-electron chi connectivity index (χ3n) is 3.06. The maximum absolute atomic E-state index is 13.1. The number of hydrogen-bond acceptors (Lipinski definition) is 3. The van der Waals surface area contributed by atoms with E-state index in [4.69, 9.17) is 21.1 Å². The van der Waals surface area contributed by atoms with Crippen molar-refractivity contribution >= 4 is 27.5 Å². The molecule has 1 N–H and O–H groups in total. The molecule has 0 spiro atoms. The van der Waals surface area contributed by atoms with E-state index in [9.17, 15) is 4.39 Å². The van der Waals surface area contributed by atoms with Crippen LogP contribution < -0.4 is 14.8 Å². The average molecular weight is 389 g/mol. The highest BCUT2D eigenvalue weighted by molar-refractivity contribution is 9.10. The molecular weight excluding hydrogens is 373 g/mol. The molecule has 6 heteroatoms. The number of ether oxygens (including phenoxy) is 2. The summed E-state index contributed by atoms with van der Waals surface area (Å²) >= 11 is 9.49. The molecule has 118 valence electrons. The number of rotatable bonds is 6. The van der Waals surface area contributed by atoms with Crippen molar-refractivity contribution in [3.8, 4) is 11.5 Å². The monoisotopic (exact) mass is 387 g/mol. The van der Waals surface area contributed by atoms with Gasteiger partial charge in [0.05, 0.1) is 16.6 Å². The predicted octanol–water partition coefficient (Wildman–Crippen LogP) is 4.55. The van der Waals surface area contributed by atoms with Crippen molar-refractivity contribution in [3.05, 3.63) is 56.8 Å². The van der Waals surface area contributed by atoms with Crippen LogP contribution in [0.15, 0.2) is 34.8 Å². The Balaban J connectivity index is 2.21. The molecule has 0 aromatic heterocycles. The lowest BCUT2D eigenvalue weighted by Gasteiger charge is -2.15. The number of nitrogens with one attached hydrogen (secondary N) is 1. The minimum Gasteiger partial charge on any atom is -0.493 e. The fourth-order valence-electron chi connectivity index (χ4n) is 2.01. The van der Waals surface area contributed by atoms with Gasteiger partial charge in [0.2, 0.25) is 0 Å². The summed E-state index contributed by atoms with van der Waals surface area (Å²) < 4.78 is 25.0. The third-order valence-corrected chi connectivity index (χ3v) is 4.00. The van der Waals surface area contributed by atoms with E-state index in [2.05, 4.69) is 21.2 Å². The average Bonchev–Trinajstić information content (AvgIpc) is 2.47. The van der Waals surface area contributed by atoms with E-state index in [1.165, 1.54) is 12.1 Å². The van der Waals surface area contributed by atoms with Crippen molar-refractivity contribution in [3.63, 3.8) is 0 Å². The van der Waals surface area contributed by atoms with E-state index in [0.717, 1.165) is 16.6 Å². The van der Waals surface area contributed by atoms with Gasteiger partial charge < -0.3 is 14.8 Å². The van der Waals surface area contributed by atoms with Crippen LogP contribution >= 0.6 is 27.5 Å². The van der Waals surface area contributed by atoms with Crippen molar-refractivity contribution in [2.45, 2.75) is 13.2 Å². The van der Waals surface area contributed by atoms with Gasteiger partial charge in [0.1, 0.15) is 12.4 Å². The zero-order valence-corrected chi connectivity index (χ0v) is 14.6. The Morgan fingerprint density at radius 3 is 2.68 bits per heavy atom. The lowest BCUT2D eigenvalue weighted by molar-refractivity contribution is 0.282. The van der Waals surface area contributed by atoms with Gasteiger partial charge in [-0.2, -0.15) is 0 Å². The van der Waals surface area contributed by atoms with Crippen LogP contribution in [0.25, 0.3) is 0 Å². The van der Waals surface area contributed by atoms with Gasteiger partial charge in [-0.3, -0.25) is 0 Å². The zero-order valence-electron chi connectivity index (χ0n) is 12.3. The highest BCUT2D eigenvalue weighted by Gasteiger charge is 2.13. The lowest BCUT2D eigenvalue weighted by atomic mass is 10.2. The molecule has 0 aliphatic rings. The molecule has 3 nitrogen and oxygen atoms in total. The molecule has 2 aromatic carbocycles. The van der Waals surface area contributed by atoms with Gasteiger partial charge >= 0.3 is 0 Å².